The van der Waals surface area contributed by atoms with E-state index in [0.717, 1.165) is 16.6 Å². The zero-order valence-electron chi connectivity index (χ0n) is 13.1. The van der Waals surface area contributed by atoms with Crippen LogP contribution in [0.15, 0.2) is 18.2 Å². The molecule has 1 fully saturated rings. The molecule has 1 aromatic heterocycles. The molecule has 1 saturated heterocycles. The van der Waals surface area contributed by atoms with Crippen LogP contribution < -0.4 is 5.32 Å². The van der Waals surface area contributed by atoms with Gasteiger partial charge in [0.15, 0.2) is 0 Å². The minimum absolute atomic E-state index is 0.00748. The third-order valence-electron chi connectivity index (χ3n) is 3.95. The molecule has 1 unspecified atom stereocenters. The van der Waals surface area contributed by atoms with Crippen molar-refractivity contribution in [1.82, 2.24) is 9.97 Å². The van der Waals surface area contributed by atoms with Gasteiger partial charge in [-0.15, -0.1) is 0 Å². The molecule has 1 atom stereocenters. The number of H-pyrrole nitrogens is 1. The van der Waals surface area contributed by atoms with Crippen LogP contribution in [0.25, 0.3) is 11.0 Å². The minimum Gasteiger partial charge on any atom is -0.387 e. The van der Waals surface area contributed by atoms with E-state index in [0.29, 0.717) is 12.4 Å². The van der Waals surface area contributed by atoms with Crippen LogP contribution in [0.4, 0.5) is 5.95 Å². The maximum atomic E-state index is 12.2. The van der Waals surface area contributed by atoms with E-state index in [9.17, 15) is 9.90 Å². The second-order valence-corrected chi connectivity index (χ2v) is 6.73. The maximum Gasteiger partial charge on any atom is 0.229 e. The van der Waals surface area contributed by atoms with E-state index in [1.807, 2.05) is 39.0 Å². The summed E-state index contributed by atoms with van der Waals surface area (Å²) in [4.78, 5) is 19.6. The fraction of sp³-hybridized carbons (Fsp3) is 0.500. The Morgan fingerprint density at radius 2 is 2.27 bits per heavy atom. The Morgan fingerprint density at radius 1 is 1.50 bits per heavy atom. The number of imidazole rings is 1. The molecule has 1 aromatic carbocycles. The fourth-order valence-electron chi connectivity index (χ4n) is 3.05. The number of nitrogens with one attached hydrogen (secondary N) is 2. The van der Waals surface area contributed by atoms with Crippen molar-refractivity contribution in [2.45, 2.75) is 44.8 Å². The Balaban J connectivity index is 1.70. The Hall–Kier alpha value is -1.92. The van der Waals surface area contributed by atoms with Gasteiger partial charge in [-0.2, -0.15) is 0 Å². The van der Waals surface area contributed by atoms with Gasteiger partial charge in [0.2, 0.25) is 11.9 Å². The molecule has 2 aromatic rings. The molecule has 6 nitrogen and oxygen atoms in total. The quantitative estimate of drug-likeness (QED) is 0.810. The molecule has 1 amide bonds. The zero-order valence-corrected chi connectivity index (χ0v) is 13.1. The van der Waals surface area contributed by atoms with Gasteiger partial charge in [0.05, 0.1) is 35.3 Å². The van der Waals surface area contributed by atoms with Crippen LogP contribution in [-0.2, 0) is 9.53 Å². The normalized spacial score (nSPS) is 23.8. The predicted molar refractivity (Wildman–Crippen MR) is 83.7 cm³/mol. The summed E-state index contributed by atoms with van der Waals surface area (Å²) in [5, 5.41) is 13.2. The van der Waals surface area contributed by atoms with Crippen LogP contribution >= 0.6 is 0 Å². The van der Waals surface area contributed by atoms with Gasteiger partial charge >= 0.3 is 0 Å². The second kappa shape index (κ2) is 5.07. The van der Waals surface area contributed by atoms with Crippen LogP contribution in [0, 0.1) is 6.92 Å². The van der Waals surface area contributed by atoms with Crippen LogP contribution in [0.5, 0.6) is 0 Å². The van der Waals surface area contributed by atoms with Crippen molar-refractivity contribution in [3.8, 4) is 0 Å². The van der Waals surface area contributed by atoms with E-state index >= 15 is 0 Å². The summed E-state index contributed by atoms with van der Waals surface area (Å²) in [7, 11) is 0. The molecule has 1 aliphatic rings. The number of nitrogens with zero attached hydrogens (tertiary/aromatic N) is 1. The van der Waals surface area contributed by atoms with E-state index in [1.54, 1.807) is 0 Å². The summed E-state index contributed by atoms with van der Waals surface area (Å²) < 4.78 is 5.52. The number of hydrogen-bond donors (Lipinski definition) is 3. The molecule has 0 aliphatic carbocycles. The van der Waals surface area contributed by atoms with Gasteiger partial charge in [-0.1, -0.05) is 12.1 Å². The molecular weight excluding hydrogens is 282 g/mol. The molecule has 0 spiro atoms. The standard InChI is InChI=1S/C16H21N3O3/c1-10-5-4-6-11-13(10)19-14(17-11)18-12(20)7-16(21)8-15(2,3)22-9-16/h4-6,21H,7-9H2,1-3H3,(H2,17,18,19,20). The van der Waals surface area contributed by atoms with Crippen molar-refractivity contribution in [2.75, 3.05) is 11.9 Å². The Bertz CT molecular complexity index is 722. The van der Waals surface area contributed by atoms with Gasteiger partial charge in [0.1, 0.15) is 0 Å². The Morgan fingerprint density at radius 3 is 2.91 bits per heavy atom. The van der Waals surface area contributed by atoms with E-state index in [-0.39, 0.29) is 18.9 Å². The number of carbonyl (C=O) groups excluding carboxylic acids is 1. The number of benzene rings is 1. The minimum atomic E-state index is -1.12. The molecule has 0 radical (unpaired) electrons. The summed E-state index contributed by atoms with van der Waals surface area (Å²) in [5.74, 6) is 0.122. The number of aliphatic hydroxyl groups is 1. The van der Waals surface area contributed by atoms with Gasteiger partial charge in [0, 0.05) is 6.42 Å². The summed E-state index contributed by atoms with van der Waals surface area (Å²) in [6.07, 6.45) is 0.430. The number of para-hydroxylation sites is 1. The molecular formula is C16H21N3O3. The highest BCUT2D eigenvalue weighted by Gasteiger charge is 2.44. The van der Waals surface area contributed by atoms with E-state index in [4.69, 9.17) is 4.74 Å². The van der Waals surface area contributed by atoms with Crippen LogP contribution in [0.2, 0.25) is 0 Å². The number of aryl methyl sites for hydroxylation is 1. The number of aromatic amines is 1. The van der Waals surface area contributed by atoms with Gasteiger partial charge in [0.25, 0.3) is 0 Å². The van der Waals surface area contributed by atoms with Gasteiger partial charge in [-0.3, -0.25) is 10.1 Å². The number of carbonyl (C=O) groups is 1. The molecule has 3 N–H and O–H groups in total. The summed E-state index contributed by atoms with van der Waals surface area (Å²) in [6.45, 7) is 5.96. The van der Waals surface area contributed by atoms with Crippen molar-refractivity contribution in [3.63, 3.8) is 0 Å². The second-order valence-electron chi connectivity index (χ2n) is 6.73. The van der Waals surface area contributed by atoms with Crippen molar-refractivity contribution in [2.24, 2.45) is 0 Å². The van der Waals surface area contributed by atoms with E-state index in [1.165, 1.54) is 0 Å². The lowest BCUT2D eigenvalue weighted by atomic mass is 9.91. The highest BCUT2D eigenvalue weighted by atomic mass is 16.5. The lowest BCUT2D eigenvalue weighted by molar-refractivity contribution is -0.121. The molecule has 1 aliphatic heterocycles. The van der Waals surface area contributed by atoms with Gasteiger partial charge in [-0.05, 0) is 32.4 Å². The fourth-order valence-corrected chi connectivity index (χ4v) is 3.05. The number of anilines is 1. The number of aromatic nitrogens is 2. The Kier molecular flexibility index (Phi) is 3.45. The molecule has 118 valence electrons. The number of rotatable bonds is 3. The largest absolute Gasteiger partial charge is 0.387 e. The first-order chi connectivity index (χ1) is 10.3. The number of ether oxygens (including phenoxy) is 1. The molecule has 22 heavy (non-hydrogen) atoms. The third-order valence-corrected chi connectivity index (χ3v) is 3.95. The number of amides is 1. The average molecular weight is 303 g/mol. The lowest BCUT2D eigenvalue weighted by Gasteiger charge is -2.21. The number of hydrogen-bond acceptors (Lipinski definition) is 4. The molecule has 3 rings (SSSR count). The summed E-state index contributed by atoms with van der Waals surface area (Å²) in [6, 6.07) is 5.81. The maximum absolute atomic E-state index is 12.2. The van der Waals surface area contributed by atoms with E-state index in [2.05, 4.69) is 15.3 Å². The lowest BCUT2D eigenvalue weighted by Crippen LogP contribution is -2.35. The van der Waals surface area contributed by atoms with Crippen molar-refractivity contribution in [3.05, 3.63) is 23.8 Å². The van der Waals surface area contributed by atoms with Crippen LogP contribution in [0.1, 0.15) is 32.3 Å². The molecule has 0 saturated carbocycles. The first-order valence-electron chi connectivity index (χ1n) is 7.38. The summed E-state index contributed by atoms with van der Waals surface area (Å²) >= 11 is 0. The number of fused-ring (bicyclic) bond motifs is 1. The van der Waals surface area contributed by atoms with Crippen molar-refractivity contribution >= 4 is 22.9 Å². The topological polar surface area (TPSA) is 87.2 Å². The van der Waals surface area contributed by atoms with E-state index < -0.39 is 11.2 Å². The predicted octanol–water partition coefficient (Wildman–Crippen LogP) is 2.13. The average Bonchev–Trinajstić information content (AvgIpc) is 2.90. The molecule has 2 heterocycles. The highest BCUT2D eigenvalue weighted by molar-refractivity contribution is 5.92. The highest BCUT2D eigenvalue weighted by Crippen LogP contribution is 2.34. The van der Waals surface area contributed by atoms with Gasteiger partial charge in [-0.25, -0.2) is 4.98 Å². The van der Waals surface area contributed by atoms with Crippen LogP contribution in [-0.4, -0.2) is 38.8 Å². The van der Waals surface area contributed by atoms with Crippen molar-refractivity contribution in [1.29, 1.82) is 0 Å². The zero-order chi connectivity index (χ0) is 16.0. The van der Waals surface area contributed by atoms with Crippen LogP contribution in [0.3, 0.4) is 0 Å². The SMILES string of the molecule is Cc1cccc2[nH]c(NC(=O)CC3(O)COC(C)(C)C3)nc12. The van der Waals surface area contributed by atoms with Gasteiger partial charge < -0.3 is 14.8 Å². The first kappa shape index (κ1) is 15.0. The molecule has 6 heteroatoms. The monoisotopic (exact) mass is 303 g/mol. The smallest absolute Gasteiger partial charge is 0.229 e. The van der Waals surface area contributed by atoms with Crippen molar-refractivity contribution < 1.29 is 14.6 Å². The first-order valence-corrected chi connectivity index (χ1v) is 7.38. The third kappa shape index (κ3) is 2.98. The molecule has 0 bridgehead atoms. The summed E-state index contributed by atoms with van der Waals surface area (Å²) in [5.41, 5.74) is 1.24. The Labute approximate surface area is 128 Å².